The normalized spacial score (nSPS) is 17.0. The Kier molecular flexibility index (Phi) is 5.97. The molecular formula is C19H20ClN5O3. The lowest BCUT2D eigenvalue weighted by Crippen LogP contribution is -2.32. The number of nitriles is 1. The van der Waals surface area contributed by atoms with E-state index in [1.165, 1.54) is 6.07 Å². The van der Waals surface area contributed by atoms with Gasteiger partial charge >= 0.3 is 5.97 Å². The van der Waals surface area contributed by atoms with E-state index < -0.39 is 5.97 Å². The zero-order valence-corrected chi connectivity index (χ0v) is 16.1. The maximum Gasteiger partial charge on any atom is 0.307 e. The highest BCUT2D eigenvalue weighted by molar-refractivity contribution is 6.31. The molecule has 0 saturated carbocycles. The van der Waals surface area contributed by atoms with Crippen LogP contribution in [0, 0.1) is 18.3 Å². The van der Waals surface area contributed by atoms with E-state index >= 15 is 0 Å². The first kappa shape index (κ1) is 19.9. The number of anilines is 2. The molecule has 1 aromatic carbocycles. The average Bonchev–Trinajstić information content (AvgIpc) is 2.87. The molecule has 9 heteroatoms. The van der Waals surface area contributed by atoms with Crippen LogP contribution in [0.4, 0.5) is 11.8 Å². The van der Waals surface area contributed by atoms with Gasteiger partial charge in [0.05, 0.1) is 30.7 Å². The molecule has 1 unspecified atom stereocenters. The number of aliphatic carboxylic acids is 1. The lowest BCUT2D eigenvalue weighted by Gasteiger charge is -2.32. The van der Waals surface area contributed by atoms with Crippen molar-refractivity contribution in [2.75, 3.05) is 30.4 Å². The Hall–Kier alpha value is -2.89. The van der Waals surface area contributed by atoms with Crippen LogP contribution in [0.15, 0.2) is 18.2 Å². The minimum absolute atomic E-state index is 0.177. The molecule has 1 aliphatic heterocycles. The second kappa shape index (κ2) is 8.42. The van der Waals surface area contributed by atoms with Gasteiger partial charge in [-0.05, 0) is 30.5 Å². The standard InChI is InChI=1S/C19H20ClN5O3/c1-11-5-17(24-19(22)23-11)25-3-2-4-28-10-16(25)14-6-12(8-18(26)27)13(9-21)7-15(14)20/h5-7,16H,2-4,8,10H2,1H3,(H,26,27)(H2,22,23,24). The SMILES string of the molecule is Cc1cc(N2CCCOCC2c2cc(CC(=O)O)c(C#N)cc2Cl)nc(N)n1. The van der Waals surface area contributed by atoms with Gasteiger partial charge in [-0.15, -0.1) is 0 Å². The summed E-state index contributed by atoms with van der Waals surface area (Å²) in [6.07, 6.45) is 0.523. The van der Waals surface area contributed by atoms with Crippen molar-refractivity contribution >= 4 is 29.3 Å². The Bertz CT molecular complexity index is 924. The predicted octanol–water partition coefficient (Wildman–Crippen LogP) is 2.49. The number of nitrogens with two attached hydrogens (primary N) is 1. The zero-order valence-electron chi connectivity index (χ0n) is 15.4. The van der Waals surface area contributed by atoms with E-state index in [4.69, 9.17) is 22.1 Å². The second-order valence-electron chi connectivity index (χ2n) is 6.58. The van der Waals surface area contributed by atoms with Crippen molar-refractivity contribution in [3.63, 3.8) is 0 Å². The van der Waals surface area contributed by atoms with Crippen molar-refractivity contribution in [1.82, 2.24) is 9.97 Å². The van der Waals surface area contributed by atoms with Crippen molar-refractivity contribution < 1.29 is 14.6 Å². The lowest BCUT2D eigenvalue weighted by atomic mass is 9.97. The third-order valence-corrected chi connectivity index (χ3v) is 4.86. The fraction of sp³-hybridized carbons (Fsp3) is 0.368. The van der Waals surface area contributed by atoms with Crippen molar-refractivity contribution in [3.8, 4) is 6.07 Å². The summed E-state index contributed by atoms with van der Waals surface area (Å²) in [5, 5.41) is 18.9. The monoisotopic (exact) mass is 401 g/mol. The van der Waals surface area contributed by atoms with E-state index in [0.29, 0.717) is 41.7 Å². The number of aromatic nitrogens is 2. The maximum absolute atomic E-state index is 11.2. The number of aryl methyl sites for hydroxylation is 1. The molecule has 146 valence electrons. The Morgan fingerprint density at radius 1 is 1.46 bits per heavy atom. The third kappa shape index (κ3) is 4.32. The van der Waals surface area contributed by atoms with E-state index in [9.17, 15) is 15.2 Å². The Balaban J connectivity index is 2.09. The molecule has 1 atom stereocenters. The van der Waals surface area contributed by atoms with Crippen LogP contribution >= 0.6 is 11.6 Å². The number of benzene rings is 1. The molecule has 3 rings (SSSR count). The van der Waals surface area contributed by atoms with Crippen LogP contribution in [-0.4, -0.2) is 40.8 Å². The minimum Gasteiger partial charge on any atom is -0.481 e. The van der Waals surface area contributed by atoms with Gasteiger partial charge in [0, 0.05) is 29.9 Å². The first-order valence-electron chi connectivity index (χ1n) is 8.78. The van der Waals surface area contributed by atoms with Crippen molar-refractivity contribution in [1.29, 1.82) is 5.26 Å². The average molecular weight is 402 g/mol. The van der Waals surface area contributed by atoms with Crippen LogP contribution in [0.2, 0.25) is 5.02 Å². The van der Waals surface area contributed by atoms with Crippen molar-refractivity contribution in [2.45, 2.75) is 25.8 Å². The van der Waals surface area contributed by atoms with E-state index in [-0.39, 0.29) is 24.0 Å². The van der Waals surface area contributed by atoms with Crippen LogP contribution in [-0.2, 0) is 16.0 Å². The van der Waals surface area contributed by atoms with Gasteiger partial charge < -0.3 is 20.5 Å². The number of hydrogen-bond donors (Lipinski definition) is 2. The molecule has 1 aromatic heterocycles. The molecule has 0 spiro atoms. The van der Waals surface area contributed by atoms with Crippen LogP contribution in [0.25, 0.3) is 0 Å². The highest BCUT2D eigenvalue weighted by Gasteiger charge is 2.28. The first-order valence-corrected chi connectivity index (χ1v) is 9.16. The molecule has 1 fully saturated rings. The molecule has 3 N–H and O–H groups in total. The fourth-order valence-electron chi connectivity index (χ4n) is 3.34. The Labute approximate surface area is 167 Å². The Morgan fingerprint density at radius 3 is 2.93 bits per heavy atom. The van der Waals surface area contributed by atoms with Gasteiger partial charge in [-0.25, -0.2) is 4.98 Å². The lowest BCUT2D eigenvalue weighted by molar-refractivity contribution is -0.136. The molecule has 0 radical (unpaired) electrons. The summed E-state index contributed by atoms with van der Waals surface area (Å²) in [4.78, 5) is 21.7. The molecule has 0 amide bonds. The summed E-state index contributed by atoms with van der Waals surface area (Å²) in [6, 6.07) is 6.74. The third-order valence-electron chi connectivity index (χ3n) is 4.54. The largest absolute Gasteiger partial charge is 0.481 e. The number of ether oxygens (including phenoxy) is 1. The molecule has 2 heterocycles. The topological polar surface area (TPSA) is 125 Å². The number of rotatable bonds is 4. The number of nitrogen functional groups attached to an aromatic ring is 1. The second-order valence-corrected chi connectivity index (χ2v) is 6.98. The number of carboxylic acid groups (broad SMARTS) is 1. The maximum atomic E-state index is 11.2. The van der Waals surface area contributed by atoms with E-state index in [1.807, 2.05) is 24.0 Å². The van der Waals surface area contributed by atoms with Gasteiger partial charge in [-0.1, -0.05) is 17.7 Å². The molecule has 8 nitrogen and oxygen atoms in total. The zero-order chi connectivity index (χ0) is 20.3. The number of halogens is 1. The number of nitrogens with zero attached hydrogens (tertiary/aromatic N) is 4. The van der Waals surface area contributed by atoms with E-state index in [1.54, 1.807) is 6.07 Å². The number of hydrogen-bond acceptors (Lipinski definition) is 7. The molecule has 0 aliphatic carbocycles. The smallest absolute Gasteiger partial charge is 0.307 e. The molecule has 1 saturated heterocycles. The van der Waals surface area contributed by atoms with Crippen molar-refractivity contribution in [3.05, 3.63) is 45.6 Å². The number of carboxylic acids is 1. The molecular weight excluding hydrogens is 382 g/mol. The van der Waals surface area contributed by atoms with Gasteiger partial charge in [0.2, 0.25) is 5.95 Å². The van der Waals surface area contributed by atoms with Crippen LogP contribution in [0.1, 0.15) is 34.8 Å². The van der Waals surface area contributed by atoms with Crippen LogP contribution < -0.4 is 10.6 Å². The fourth-order valence-corrected chi connectivity index (χ4v) is 3.63. The summed E-state index contributed by atoms with van der Waals surface area (Å²) >= 11 is 6.48. The van der Waals surface area contributed by atoms with Gasteiger partial charge in [-0.3, -0.25) is 4.79 Å². The first-order chi connectivity index (χ1) is 13.4. The Morgan fingerprint density at radius 2 is 2.25 bits per heavy atom. The summed E-state index contributed by atoms with van der Waals surface area (Å²) < 4.78 is 5.75. The predicted molar refractivity (Wildman–Crippen MR) is 104 cm³/mol. The summed E-state index contributed by atoms with van der Waals surface area (Å²) in [6.45, 7) is 3.43. The summed E-state index contributed by atoms with van der Waals surface area (Å²) in [7, 11) is 0. The van der Waals surface area contributed by atoms with Gasteiger partial charge in [0.25, 0.3) is 0 Å². The van der Waals surface area contributed by atoms with Crippen LogP contribution in [0.3, 0.4) is 0 Å². The van der Waals surface area contributed by atoms with Gasteiger partial charge in [0.1, 0.15) is 5.82 Å². The highest BCUT2D eigenvalue weighted by atomic mass is 35.5. The van der Waals surface area contributed by atoms with Crippen molar-refractivity contribution in [2.24, 2.45) is 0 Å². The van der Waals surface area contributed by atoms with Gasteiger partial charge in [-0.2, -0.15) is 10.2 Å². The highest BCUT2D eigenvalue weighted by Crippen LogP contribution is 2.35. The van der Waals surface area contributed by atoms with E-state index in [2.05, 4.69) is 9.97 Å². The molecule has 28 heavy (non-hydrogen) atoms. The van der Waals surface area contributed by atoms with E-state index in [0.717, 1.165) is 12.1 Å². The molecule has 0 bridgehead atoms. The summed E-state index contributed by atoms with van der Waals surface area (Å²) in [5.41, 5.74) is 7.92. The molecule has 2 aromatic rings. The van der Waals surface area contributed by atoms with Crippen LogP contribution in [0.5, 0.6) is 0 Å². The number of carbonyl (C=O) groups is 1. The molecule has 1 aliphatic rings. The van der Waals surface area contributed by atoms with Gasteiger partial charge in [0.15, 0.2) is 0 Å². The summed E-state index contributed by atoms with van der Waals surface area (Å²) in [5.74, 6) is -0.185. The minimum atomic E-state index is -1.02. The quantitative estimate of drug-likeness (QED) is 0.800.